The molecule has 1 aliphatic rings. The molecule has 0 amide bonds. The Labute approximate surface area is 76.9 Å². The van der Waals surface area contributed by atoms with Gasteiger partial charge >= 0.3 is 6.01 Å². The van der Waals surface area contributed by atoms with Crippen LogP contribution in [0.1, 0.15) is 12.0 Å². The standard InChI is InChI=1S/C9H12N2O2/c1-7-4-10-9(11-5-7)13-8-2-3-12-6-8/h4-5,8H,2-3,6H2,1H3. The van der Waals surface area contributed by atoms with Crippen LogP contribution in [0.25, 0.3) is 0 Å². The Morgan fingerprint density at radius 2 is 2.23 bits per heavy atom. The van der Waals surface area contributed by atoms with Crippen LogP contribution in [0.5, 0.6) is 6.01 Å². The summed E-state index contributed by atoms with van der Waals surface area (Å²) in [4.78, 5) is 8.11. The first-order valence-electron chi connectivity index (χ1n) is 4.37. The maximum absolute atomic E-state index is 5.48. The predicted molar refractivity (Wildman–Crippen MR) is 46.6 cm³/mol. The molecule has 1 aromatic rings. The fourth-order valence-electron chi connectivity index (χ4n) is 1.20. The summed E-state index contributed by atoms with van der Waals surface area (Å²) >= 11 is 0. The number of nitrogens with zero attached hydrogens (tertiary/aromatic N) is 2. The quantitative estimate of drug-likeness (QED) is 0.679. The van der Waals surface area contributed by atoms with Crippen LogP contribution in [-0.2, 0) is 4.74 Å². The molecule has 0 N–H and O–H groups in total. The molecule has 13 heavy (non-hydrogen) atoms. The maximum atomic E-state index is 5.48. The van der Waals surface area contributed by atoms with Crippen molar-refractivity contribution in [3.8, 4) is 6.01 Å². The van der Waals surface area contributed by atoms with Crippen LogP contribution in [0, 0.1) is 6.92 Å². The van der Waals surface area contributed by atoms with Crippen LogP contribution >= 0.6 is 0 Å². The van der Waals surface area contributed by atoms with Gasteiger partial charge in [0.05, 0.1) is 13.2 Å². The lowest BCUT2D eigenvalue weighted by Gasteiger charge is -2.08. The molecule has 1 atom stereocenters. The lowest BCUT2D eigenvalue weighted by molar-refractivity contribution is 0.134. The molecule has 2 rings (SSSR count). The minimum absolute atomic E-state index is 0.128. The van der Waals surface area contributed by atoms with E-state index >= 15 is 0 Å². The van der Waals surface area contributed by atoms with Crippen molar-refractivity contribution in [2.45, 2.75) is 19.4 Å². The fraction of sp³-hybridized carbons (Fsp3) is 0.556. The summed E-state index contributed by atoms with van der Waals surface area (Å²) in [6.07, 6.45) is 4.55. The summed E-state index contributed by atoms with van der Waals surface area (Å²) in [5, 5.41) is 0. The van der Waals surface area contributed by atoms with Gasteiger partial charge in [0, 0.05) is 18.8 Å². The second kappa shape index (κ2) is 3.70. The van der Waals surface area contributed by atoms with Gasteiger partial charge in [-0.05, 0) is 12.5 Å². The molecule has 1 aromatic heterocycles. The zero-order valence-corrected chi connectivity index (χ0v) is 7.56. The van der Waals surface area contributed by atoms with Crippen LogP contribution in [0.3, 0.4) is 0 Å². The van der Waals surface area contributed by atoms with Crippen LogP contribution in [0.2, 0.25) is 0 Å². The van der Waals surface area contributed by atoms with Crippen LogP contribution < -0.4 is 4.74 Å². The van der Waals surface area contributed by atoms with Gasteiger partial charge in [-0.15, -0.1) is 0 Å². The van der Waals surface area contributed by atoms with E-state index in [0.29, 0.717) is 12.6 Å². The summed E-state index contributed by atoms with van der Waals surface area (Å²) in [5.74, 6) is 0. The van der Waals surface area contributed by atoms with Crippen molar-refractivity contribution in [3.63, 3.8) is 0 Å². The molecule has 1 unspecified atom stereocenters. The molecule has 0 aromatic carbocycles. The third kappa shape index (κ3) is 2.15. The number of ether oxygens (including phenoxy) is 2. The summed E-state index contributed by atoms with van der Waals surface area (Å²) in [5.41, 5.74) is 1.04. The first-order chi connectivity index (χ1) is 6.34. The van der Waals surface area contributed by atoms with Gasteiger partial charge in [-0.2, -0.15) is 0 Å². The normalized spacial score (nSPS) is 21.8. The summed E-state index contributed by atoms with van der Waals surface area (Å²) in [7, 11) is 0. The molecule has 0 spiro atoms. The Bertz CT molecular complexity index is 267. The van der Waals surface area contributed by atoms with Gasteiger partial charge in [-0.3, -0.25) is 0 Å². The Kier molecular flexibility index (Phi) is 2.40. The average molecular weight is 180 g/mol. The molecule has 1 aliphatic heterocycles. The molecule has 0 radical (unpaired) electrons. The van der Waals surface area contributed by atoms with Crippen LogP contribution in [0.4, 0.5) is 0 Å². The summed E-state index contributed by atoms with van der Waals surface area (Å²) in [6, 6.07) is 0.445. The highest BCUT2D eigenvalue weighted by atomic mass is 16.6. The van der Waals surface area contributed by atoms with E-state index in [-0.39, 0.29) is 6.10 Å². The van der Waals surface area contributed by atoms with Crippen molar-refractivity contribution in [2.75, 3.05) is 13.2 Å². The van der Waals surface area contributed by atoms with E-state index in [1.165, 1.54) is 0 Å². The number of aromatic nitrogens is 2. The zero-order chi connectivity index (χ0) is 9.10. The maximum Gasteiger partial charge on any atom is 0.316 e. The van der Waals surface area contributed by atoms with E-state index in [2.05, 4.69) is 9.97 Å². The van der Waals surface area contributed by atoms with Gasteiger partial charge in [0.15, 0.2) is 0 Å². The predicted octanol–water partition coefficient (Wildman–Crippen LogP) is 0.953. The van der Waals surface area contributed by atoms with Gasteiger partial charge in [0.2, 0.25) is 0 Å². The Morgan fingerprint density at radius 3 is 2.85 bits per heavy atom. The Balaban J connectivity index is 1.97. The fourth-order valence-corrected chi connectivity index (χ4v) is 1.20. The second-order valence-corrected chi connectivity index (χ2v) is 3.15. The van der Waals surface area contributed by atoms with E-state index in [0.717, 1.165) is 18.6 Å². The lowest BCUT2D eigenvalue weighted by atomic mass is 10.3. The molecular weight excluding hydrogens is 168 g/mol. The van der Waals surface area contributed by atoms with Crippen molar-refractivity contribution >= 4 is 0 Å². The van der Waals surface area contributed by atoms with Gasteiger partial charge in [-0.25, -0.2) is 9.97 Å². The molecule has 0 aliphatic carbocycles. The minimum Gasteiger partial charge on any atom is -0.458 e. The van der Waals surface area contributed by atoms with Gasteiger partial charge < -0.3 is 9.47 Å². The highest BCUT2D eigenvalue weighted by Gasteiger charge is 2.17. The summed E-state index contributed by atoms with van der Waals surface area (Å²) in [6.45, 7) is 3.37. The summed E-state index contributed by atoms with van der Waals surface area (Å²) < 4.78 is 10.7. The monoisotopic (exact) mass is 180 g/mol. The molecule has 4 nitrogen and oxygen atoms in total. The van der Waals surface area contributed by atoms with Crippen molar-refractivity contribution in [2.24, 2.45) is 0 Å². The number of rotatable bonds is 2. The molecule has 4 heteroatoms. The molecule has 1 fully saturated rings. The first-order valence-corrected chi connectivity index (χ1v) is 4.37. The van der Waals surface area contributed by atoms with Crippen molar-refractivity contribution in [1.29, 1.82) is 0 Å². The first kappa shape index (κ1) is 8.44. The number of hydrogen-bond donors (Lipinski definition) is 0. The van der Waals surface area contributed by atoms with Gasteiger partial charge in [-0.1, -0.05) is 0 Å². The third-order valence-corrected chi connectivity index (χ3v) is 1.92. The van der Waals surface area contributed by atoms with Crippen molar-refractivity contribution in [1.82, 2.24) is 9.97 Å². The van der Waals surface area contributed by atoms with E-state index in [1.54, 1.807) is 12.4 Å². The molecule has 70 valence electrons. The molecule has 0 saturated carbocycles. The average Bonchev–Trinajstić information content (AvgIpc) is 2.62. The molecule has 1 saturated heterocycles. The van der Waals surface area contributed by atoms with E-state index in [9.17, 15) is 0 Å². The number of aryl methyl sites for hydroxylation is 1. The Morgan fingerprint density at radius 1 is 1.46 bits per heavy atom. The zero-order valence-electron chi connectivity index (χ0n) is 7.56. The molecule has 0 bridgehead atoms. The molecular formula is C9H12N2O2. The largest absolute Gasteiger partial charge is 0.458 e. The van der Waals surface area contributed by atoms with E-state index in [1.807, 2.05) is 6.92 Å². The highest BCUT2D eigenvalue weighted by molar-refractivity contribution is 5.04. The smallest absolute Gasteiger partial charge is 0.316 e. The third-order valence-electron chi connectivity index (χ3n) is 1.92. The van der Waals surface area contributed by atoms with Crippen LogP contribution in [-0.4, -0.2) is 29.3 Å². The van der Waals surface area contributed by atoms with Crippen molar-refractivity contribution < 1.29 is 9.47 Å². The van der Waals surface area contributed by atoms with E-state index in [4.69, 9.17) is 9.47 Å². The second-order valence-electron chi connectivity index (χ2n) is 3.15. The highest BCUT2D eigenvalue weighted by Crippen LogP contribution is 2.11. The van der Waals surface area contributed by atoms with Gasteiger partial charge in [0.1, 0.15) is 6.10 Å². The lowest BCUT2D eigenvalue weighted by Crippen LogP contribution is -2.17. The Hall–Kier alpha value is -1.16. The topological polar surface area (TPSA) is 44.2 Å². The molecule has 2 heterocycles. The minimum atomic E-state index is 0.128. The SMILES string of the molecule is Cc1cnc(OC2CCOC2)nc1. The van der Waals surface area contributed by atoms with Crippen LogP contribution in [0.15, 0.2) is 12.4 Å². The number of hydrogen-bond acceptors (Lipinski definition) is 4. The van der Waals surface area contributed by atoms with Gasteiger partial charge in [0.25, 0.3) is 0 Å². The van der Waals surface area contributed by atoms with E-state index < -0.39 is 0 Å². The van der Waals surface area contributed by atoms with Crippen molar-refractivity contribution in [3.05, 3.63) is 18.0 Å².